The average Bonchev–Trinajstić information content (AvgIpc) is 2.79. The second-order valence-corrected chi connectivity index (χ2v) is 6.48. The van der Waals surface area contributed by atoms with Crippen molar-refractivity contribution in [3.63, 3.8) is 0 Å². The minimum Gasteiger partial charge on any atom is -0.343 e. The van der Waals surface area contributed by atoms with Gasteiger partial charge in [-0.1, -0.05) is 18.9 Å². The lowest BCUT2D eigenvalue weighted by Crippen LogP contribution is -2.36. The Hall–Kier alpha value is -1.84. The van der Waals surface area contributed by atoms with Crippen LogP contribution in [0.1, 0.15) is 50.2 Å². The van der Waals surface area contributed by atoms with Crippen molar-refractivity contribution in [1.29, 1.82) is 0 Å². The van der Waals surface area contributed by atoms with E-state index in [2.05, 4.69) is 6.92 Å². The Labute approximate surface area is 139 Å². The molecule has 1 aromatic rings. The SMILES string of the molecule is CC(=O)N(CCC(=O)N1CCCCCC1)c1ccc(C)c(C)c1. The first kappa shape index (κ1) is 17.5. The zero-order chi connectivity index (χ0) is 16.8. The van der Waals surface area contributed by atoms with Gasteiger partial charge in [0.05, 0.1) is 0 Å². The van der Waals surface area contributed by atoms with Crippen LogP contribution in [-0.4, -0.2) is 36.3 Å². The molecule has 0 aliphatic carbocycles. The van der Waals surface area contributed by atoms with Crippen molar-refractivity contribution in [3.8, 4) is 0 Å². The van der Waals surface area contributed by atoms with Crippen molar-refractivity contribution in [2.24, 2.45) is 0 Å². The van der Waals surface area contributed by atoms with Crippen molar-refractivity contribution in [2.75, 3.05) is 24.5 Å². The van der Waals surface area contributed by atoms with Crippen molar-refractivity contribution >= 4 is 17.5 Å². The smallest absolute Gasteiger partial charge is 0.224 e. The normalized spacial score (nSPS) is 15.2. The molecular formula is C19H28N2O2. The van der Waals surface area contributed by atoms with Gasteiger partial charge in [-0.05, 0) is 49.9 Å². The molecular weight excluding hydrogens is 288 g/mol. The Kier molecular flexibility index (Phi) is 6.20. The first-order valence-corrected chi connectivity index (χ1v) is 8.62. The fourth-order valence-electron chi connectivity index (χ4n) is 3.05. The highest BCUT2D eigenvalue weighted by atomic mass is 16.2. The van der Waals surface area contributed by atoms with Crippen molar-refractivity contribution in [1.82, 2.24) is 4.90 Å². The Morgan fingerprint density at radius 2 is 1.70 bits per heavy atom. The number of nitrogens with zero attached hydrogens (tertiary/aromatic N) is 2. The number of aryl methyl sites for hydroxylation is 2. The standard InChI is InChI=1S/C19H28N2O2/c1-15-8-9-18(14-16(15)2)21(17(3)22)13-10-19(23)20-11-6-4-5-7-12-20/h8-9,14H,4-7,10-13H2,1-3H3. The molecule has 4 heteroatoms. The van der Waals surface area contributed by atoms with Crippen molar-refractivity contribution in [2.45, 2.75) is 52.9 Å². The van der Waals surface area contributed by atoms with Crippen LogP contribution in [0.5, 0.6) is 0 Å². The van der Waals surface area contributed by atoms with Gasteiger partial charge in [-0.3, -0.25) is 9.59 Å². The van der Waals surface area contributed by atoms with Crippen LogP contribution < -0.4 is 4.90 Å². The first-order valence-electron chi connectivity index (χ1n) is 8.62. The van der Waals surface area contributed by atoms with Gasteiger partial charge >= 0.3 is 0 Å². The highest BCUT2D eigenvalue weighted by Gasteiger charge is 2.18. The highest BCUT2D eigenvalue weighted by Crippen LogP contribution is 2.20. The molecule has 0 spiro atoms. The molecule has 2 amide bonds. The Morgan fingerprint density at radius 3 is 2.26 bits per heavy atom. The quantitative estimate of drug-likeness (QED) is 0.853. The summed E-state index contributed by atoms with van der Waals surface area (Å²) in [7, 11) is 0. The molecule has 4 nitrogen and oxygen atoms in total. The summed E-state index contributed by atoms with van der Waals surface area (Å²) in [6.45, 7) is 7.84. The molecule has 1 fully saturated rings. The zero-order valence-electron chi connectivity index (χ0n) is 14.6. The van der Waals surface area contributed by atoms with E-state index in [1.807, 2.05) is 30.0 Å². The Balaban J connectivity index is 2.00. The monoisotopic (exact) mass is 316 g/mol. The van der Waals surface area contributed by atoms with Crippen LogP contribution in [0.15, 0.2) is 18.2 Å². The maximum atomic E-state index is 12.4. The molecule has 1 aliphatic heterocycles. The van der Waals surface area contributed by atoms with Crippen molar-refractivity contribution in [3.05, 3.63) is 29.3 Å². The average molecular weight is 316 g/mol. The molecule has 0 aromatic heterocycles. The third-order valence-electron chi connectivity index (χ3n) is 4.69. The zero-order valence-corrected chi connectivity index (χ0v) is 14.6. The van der Waals surface area contributed by atoms with E-state index in [0.717, 1.165) is 37.2 Å². The molecule has 2 rings (SSSR count). The van der Waals surface area contributed by atoms with E-state index in [-0.39, 0.29) is 11.8 Å². The van der Waals surface area contributed by atoms with Gasteiger partial charge in [-0.15, -0.1) is 0 Å². The number of benzene rings is 1. The molecule has 23 heavy (non-hydrogen) atoms. The van der Waals surface area contributed by atoms with Gasteiger partial charge < -0.3 is 9.80 Å². The van der Waals surface area contributed by atoms with Crippen LogP contribution >= 0.6 is 0 Å². The number of carbonyl (C=O) groups is 2. The highest BCUT2D eigenvalue weighted by molar-refractivity contribution is 5.92. The van der Waals surface area contributed by atoms with E-state index >= 15 is 0 Å². The largest absolute Gasteiger partial charge is 0.343 e. The molecule has 1 aliphatic rings. The topological polar surface area (TPSA) is 40.6 Å². The number of anilines is 1. The van der Waals surface area contributed by atoms with Gasteiger partial charge in [0.25, 0.3) is 0 Å². The van der Waals surface area contributed by atoms with Crippen LogP contribution in [0.2, 0.25) is 0 Å². The summed E-state index contributed by atoms with van der Waals surface area (Å²) in [5.74, 6) is 0.152. The van der Waals surface area contributed by atoms with Crippen LogP contribution in [0.4, 0.5) is 5.69 Å². The van der Waals surface area contributed by atoms with E-state index < -0.39 is 0 Å². The molecule has 0 N–H and O–H groups in total. The molecule has 1 heterocycles. The lowest BCUT2D eigenvalue weighted by Gasteiger charge is -2.25. The van der Waals surface area contributed by atoms with Gasteiger partial charge in [0.1, 0.15) is 0 Å². The third-order valence-corrected chi connectivity index (χ3v) is 4.69. The maximum Gasteiger partial charge on any atom is 0.224 e. The molecule has 0 saturated carbocycles. The van der Waals surface area contributed by atoms with Crippen LogP contribution in [0.3, 0.4) is 0 Å². The first-order chi connectivity index (χ1) is 11.0. The predicted octanol–water partition coefficient (Wildman–Crippen LogP) is 3.45. The Bertz CT molecular complexity index is 560. The molecule has 1 saturated heterocycles. The fraction of sp³-hybridized carbons (Fsp3) is 0.579. The number of likely N-dealkylation sites (tertiary alicyclic amines) is 1. The lowest BCUT2D eigenvalue weighted by molar-refractivity contribution is -0.131. The lowest BCUT2D eigenvalue weighted by atomic mass is 10.1. The second-order valence-electron chi connectivity index (χ2n) is 6.48. The minimum absolute atomic E-state index is 0.0167. The summed E-state index contributed by atoms with van der Waals surface area (Å²) < 4.78 is 0. The molecule has 0 radical (unpaired) electrons. The second kappa shape index (κ2) is 8.14. The Morgan fingerprint density at radius 1 is 1.04 bits per heavy atom. The van der Waals surface area contributed by atoms with E-state index in [4.69, 9.17) is 0 Å². The van der Waals surface area contributed by atoms with Gasteiger partial charge in [0.15, 0.2) is 0 Å². The predicted molar refractivity (Wildman–Crippen MR) is 93.6 cm³/mol. The number of hydrogen-bond acceptors (Lipinski definition) is 2. The number of carbonyl (C=O) groups excluding carboxylic acids is 2. The third kappa shape index (κ3) is 4.81. The number of rotatable bonds is 4. The number of hydrogen-bond donors (Lipinski definition) is 0. The molecule has 0 unspecified atom stereocenters. The van der Waals surface area contributed by atoms with Gasteiger partial charge in [0, 0.05) is 38.7 Å². The summed E-state index contributed by atoms with van der Waals surface area (Å²) in [6.07, 6.45) is 5.02. The summed E-state index contributed by atoms with van der Waals surface area (Å²) in [4.78, 5) is 28.1. The molecule has 1 aromatic carbocycles. The minimum atomic E-state index is -0.0167. The summed E-state index contributed by atoms with van der Waals surface area (Å²) in [6, 6.07) is 6.00. The summed E-state index contributed by atoms with van der Waals surface area (Å²) in [5.41, 5.74) is 3.25. The van der Waals surface area contributed by atoms with Crippen LogP contribution in [0.25, 0.3) is 0 Å². The van der Waals surface area contributed by atoms with E-state index in [9.17, 15) is 9.59 Å². The molecule has 0 atom stereocenters. The fourth-order valence-corrected chi connectivity index (χ4v) is 3.05. The molecule has 126 valence electrons. The van der Waals surface area contributed by atoms with Crippen molar-refractivity contribution < 1.29 is 9.59 Å². The summed E-state index contributed by atoms with van der Waals surface area (Å²) in [5, 5.41) is 0. The molecule has 0 bridgehead atoms. The van der Waals surface area contributed by atoms with E-state index in [1.165, 1.54) is 18.4 Å². The van der Waals surface area contributed by atoms with Crippen LogP contribution in [0, 0.1) is 13.8 Å². The van der Waals surface area contributed by atoms with Gasteiger partial charge in [0.2, 0.25) is 11.8 Å². The summed E-state index contributed by atoms with van der Waals surface area (Å²) >= 11 is 0. The van der Waals surface area contributed by atoms with Crippen LogP contribution in [-0.2, 0) is 9.59 Å². The number of amides is 2. The van der Waals surface area contributed by atoms with E-state index in [0.29, 0.717) is 13.0 Å². The van der Waals surface area contributed by atoms with E-state index in [1.54, 1.807) is 11.8 Å². The van der Waals surface area contributed by atoms with Gasteiger partial charge in [-0.2, -0.15) is 0 Å². The van der Waals surface area contributed by atoms with Gasteiger partial charge in [-0.25, -0.2) is 0 Å². The maximum absolute atomic E-state index is 12.4.